The molecule has 8 aromatic carbocycles. The molecule has 0 radical (unpaired) electrons. The molecule has 0 spiro atoms. The highest BCUT2D eigenvalue weighted by Gasteiger charge is 2.28. The van der Waals surface area contributed by atoms with E-state index in [0.717, 1.165) is 6.42 Å². The number of hydrogen-bond donors (Lipinski definition) is 1. The Morgan fingerprint density at radius 1 is 0.392 bits per heavy atom. The van der Waals surface area contributed by atoms with Crippen molar-refractivity contribution in [1.82, 2.24) is 4.98 Å². The van der Waals surface area contributed by atoms with Gasteiger partial charge in [-0.15, -0.1) is 0 Å². The molecular formula is C68H89B5N-5. The summed E-state index contributed by atoms with van der Waals surface area (Å²) < 4.78 is 0. The minimum Gasteiger partial charge on any atom is -0.355 e. The van der Waals surface area contributed by atoms with E-state index in [4.69, 9.17) is 0 Å². The highest BCUT2D eigenvalue weighted by atomic mass is 14.7. The number of H-pyrrole nitrogens is 1. The zero-order valence-corrected chi connectivity index (χ0v) is 47.4. The number of hydrogen-bond acceptors (Lipinski definition) is 0. The second kappa shape index (κ2) is 24.0. The van der Waals surface area contributed by atoms with Crippen LogP contribution in [-0.2, 0) is 6.42 Å². The number of aromatic nitrogens is 1. The SMILES string of the molecule is C.CCC[B-](C)(C)CCC.C[B-](C)(C)C.C[B-](C)(c1ccc2c(c1)-c1ccccc1C2)c1ccc2[nH]c3ccccc3c2c1.C[B-](C)(c1ccccc1)c1ccccc1.C[B-]1(C)c2ccccc2-c2ccccc21. The first kappa shape index (κ1) is 57.2. The van der Waals surface area contributed by atoms with Crippen molar-refractivity contribution in [3.8, 4) is 22.3 Å². The van der Waals surface area contributed by atoms with Gasteiger partial charge in [0.15, 0.2) is 0 Å². The molecule has 74 heavy (non-hydrogen) atoms. The molecule has 1 nitrogen and oxygen atoms in total. The van der Waals surface area contributed by atoms with Crippen molar-refractivity contribution < 1.29 is 0 Å². The topological polar surface area (TPSA) is 15.8 Å². The van der Waals surface area contributed by atoms with E-state index in [1.807, 2.05) is 0 Å². The molecule has 0 fully saturated rings. The molecule has 11 rings (SSSR count). The van der Waals surface area contributed by atoms with Gasteiger partial charge in [-0.25, -0.2) is 21.9 Å². The highest BCUT2D eigenvalue weighted by molar-refractivity contribution is 7.04. The Kier molecular flexibility index (Phi) is 18.6. The van der Waals surface area contributed by atoms with E-state index >= 15 is 0 Å². The quantitative estimate of drug-likeness (QED) is 0.146. The van der Waals surface area contributed by atoms with Crippen LogP contribution in [0.2, 0.25) is 94.5 Å². The lowest BCUT2D eigenvalue weighted by atomic mass is 9.21. The number of nitrogens with one attached hydrogen (secondary N) is 1. The van der Waals surface area contributed by atoms with Gasteiger partial charge in [0.25, 0.3) is 0 Å². The molecule has 0 saturated carbocycles. The van der Waals surface area contributed by atoms with Gasteiger partial charge in [0, 0.05) is 34.1 Å². The van der Waals surface area contributed by atoms with Crippen molar-refractivity contribution in [2.45, 2.75) is 135 Å². The number of benzene rings is 8. The molecule has 1 aliphatic heterocycles. The fourth-order valence-corrected chi connectivity index (χ4v) is 11.8. The molecule has 2 aliphatic rings. The summed E-state index contributed by atoms with van der Waals surface area (Å²) in [5.41, 5.74) is 19.7. The lowest BCUT2D eigenvalue weighted by Crippen LogP contribution is -2.52. The van der Waals surface area contributed by atoms with E-state index in [0.29, 0.717) is 0 Å². The first-order chi connectivity index (χ1) is 34.7. The largest absolute Gasteiger partial charge is 0.355 e. The molecule has 2 heterocycles. The third-order valence-electron chi connectivity index (χ3n) is 16.2. The van der Waals surface area contributed by atoms with Crippen molar-refractivity contribution >= 4 is 85.3 Å². The van der Waals surface area contributed by atoms with Gasteiger partial charge in [-0.05, 0) is 53.1 Å². The standard InChI is InChI=1S/C27H23BN.C14H14B.C14H16B.C8H20B.C4H12B.CH4/c1-28(2,20-12-11-19-15-18-7-3-4-8-22(18)24(19)16-20)21-13-14-27-25(17-21)23-9-5-6-10-26(23)29-27;1-15(2)13-9-5-3-7-11(13)12-8-4-6-10-14(12)15;1-15(2,13-9-5-3-6-10-13)14-11-7-4-8-12-14;1-5-7-9(3,4)8-6-2;1-5(2,3)4;/h3-14,16-17,29H,15H2,1-2H3;3-10H,1-2H3;3-12H,1-2H3;5-8H2,1-4H3;1-4H3;1H4/q5*-1;. The Labute approximate surface area is 450 Å². The molecule has 0 unspecified atom stereocenters. The summed E-state index contributed by atoms with van der Waals surface area (Å²) in [6.07, 6.45) is 4.66. The van der Waals surface area contributed by atoms with Crippen LogP contribution in [0.4, 0.5) is 0 Å². The summed E-state index contributed by atoms with van der Waals surface area (Å²) in [6.45, 7) is 32.6. The predicted molar refractivity (Wildman–Crippen MR) is 349 cm³/mol. The maximum Gasteiger partial charge on any atom is 0.0501 e. The van der Waals surface area contributed by atoms with Gasteiger partial charge in [-0.3, -0.25) is 0 Å². The maximum absolute atomic E-state index is 3.55. The van der Waals surface area contributed by atoms with Crippen molar-refractivity contribution in [2.75, 3.05) is 0 Å². The second-order valence-corrected chi connectivity index (χ2v) is 26.4. The number of fused-ring (bicyclic) bond motifs is 9. The van der Waals surface area contributed by atoms with Crippen LogP contribution in [-0.4, -0.2) is 35.7 Å². The normalized spacial score (nSPS) is 12.9. The van der Waals surface area contributed by atoms with Gasteiger partial charge in [0.2, 0.25) is 0 Å². The summed E-state index contributed by atoms with van der Waals surface area (Å²) in [6, 6.07) is 70.5. The molecule has 6 heteroatoms. The minimum absolute atomic E-state index is 0. The minimum atomic E-state index is -0.854. The number of para-hydroxylation sites is 1. The summed E-state index contributed by atoms with van der Waals surface area (Å²) in [5, 5.41) is 2.62. The van der Waals surface area contributed by atoms with Crippen LogP contribution < -0.4 is 32.8 Å². The van der Waals surface area contributed by atoms with Gasteiger partial charge in [-0.1, -0.05) is 227 Å². The van der Waals surface area contributed by atoms with Gasteiger partial charge in [0.1, 0.15) is 0 Å². The van der Waals surface area contributed by atoms with E-state index in [1.54, 1.807) is 0 Å². The lowest BCUT2D eigenvalue weighted by molar-refractivity contribution is 0.982. The fourth-order valence-electron chi connectivity index (χ4n) is 11.8. The Bertz CT molecular complexity index is 3120. The van der Waals surface area contributed by atoms with Gasteiger partial charge < -0.3 is 4.98 Å². The Balaban J connectivity index is 0.000000169. The molecule has 1 aliphatic carbocycles. The monoisotopic (exact) mass is 975 g/mol. The number of aromatic amines is 1. The van der Waals surface area contributed by atoms with E-state index in [2.05, 4.69) is 295 Å². The zero-order valence-electron chi connectivity index (χ0n) is 47.4. The smallest absolute Gasteiger partial charge is 0.0501 e. The Morgan fingerprint density at radius 3 is 1.34 bits per heavy atom. The first-order valence-corrected chi connectivity index (χ1v) is 28.5. The Morgan fingerprint density at radius 2 is 0.797 bits per heavy atom. The third kappa shape index (κ3) is 13.4. The molecule has 0 bridgehead atoms. The molecule has 0 saturated heterocycles. The maximum atomic E-state index is 3.55. The molecule has 386 valence electrons. The molecule has 0 atom stereocenters. The summed E-state index contributed by atoms with van der Waals surface area (Å²) >= 11 is 0. The van der Waals surface area contributed by atoms with Crippen LogP contribution in [0, 0.1) is 0 Å². The van der Waals surface area contributed by atoms with Gasteiger partial charge in [-0.2, -0.15) is 105 Å². The first-order valence-electron chi connectivity index (χ1n) is 28.5. The highest BCUT2D eigenvalue weighted by Crippen LogP contribution is 2.36. The molecule has 1 aromatic heterocycles. The van der Waals surface area contributed by atoms with Gasteiger partial charge >= 0.3 is 0 Å². The van der Waals surface area contributed by atoms with Crippen LogP contribution >= 0.6 is 0 Å². The number of rotatable bonds is 8. The third-order valence-corrected chi connectivity index (χ3v) is 16.2. The predicted octanol–water partition coefficient (Wildman–Crippen LogP) is 16.8. The summed E-state index contributed by atoms with van der Waals surface area (Å²) in [4.78, 5) is 3.55. The van der Waals surface area contributed by atoms with Crippen molar-refractivity contribution in [2.24, 2.45) is 0 Å². The van der Waals surface area contributed by atoms with E-state index in [-0.39, 0.29) is 19.7 Å². The fraction of sp³-hybridized carbons (Fsp3) is 0.294. The summed E-state index contributed by atoms with van der Waals surface area (Å²) in [5.74, 6) is 0. The van der Waals surface area contributed by atoms with Crippen LogP contribution in [0.15, 0.2) is 194 Å². The molecule has 0 amide bonds. The lowest BCUT2D eigenvalue weighted by Gasteiger charge is -2.33. The van der Waals surface area contributed by atoms with E-state index in [9.17, 15) is 0 Å². The van der Waals surface area contributed by atoms with Crippen LogP contribution in [0.3, 0.4) is 0 Å². The molecular weight excluding hydrogens is 885 g/mol. The zero-order chi connectivity index (χ0) is 52.6. The van der Waals surface area contributed by atoms with Crippen molar-refractivity contribution in [3.63, 3.8) is 0 Å². The van der Waals surface area contributed by atoms with E-state index in [1.165, 1.54) is 113 Å². The van der Waals surface area contributed by atoms with E-state index < -0.39 is 18.4 Å². The Hall–Kier alpha value is -6.12. The van der Waals surface area contributed by atoms with Crippen molar-refractivity contribution in [1.29, 1.82) is 0 Å². The molecule has 1 N–H and O–H groups in total. The van der Waals surface area contributed by atoms with Crippen LogP contribution in [0.5, 0.6) is 0 Å². The average Bonchev–Trinajstić information content (AvgIpc) is 4.02. The van der Waals surface area contributed by atoms with Crippen LogP contribution in [0.25, 0.3) is 44.1 Å². The average molecular weight is 975 g/mol. The van der Waals surface area contributed by atoms with Crippen LogP contribution in [0.1, 0.15) is 45.2 Å². The van der Waals surface area contributed by atoms with Gasteiger partial charge in [0.05, 0.1) is 6.15 Å². The molecule has 9 aromatic rings. The second-order valence-electron chi connectivity index (χ2n) is 26.4. The summed E-state index contributed by atoms with van der Waals surface area (Å²) in [7, 11) is 0. The van der Waals surface area contributed by atoms with Crippen molar-refractivity contribution in [3.05, 3.63) is 205 Å².